The van der Waals surface area contributed by atoms with Crippen LogP contribution in [-0.2, 0) is 0 Å². The Balaban J connectivity index is 1.63. The number of carbonyl (C=O) groups excluding carboxylic acids is 1. The summed E-state index contributed by atoms with van der Waals surface area (Å²) in [4.78, 5) is 23.6. The van der Waals surface area contributed by atoms with Gasteiger partial charge in [0.05, 0.1) is 11.2 Å². The molecule has 0 bridgehead atoms. The first kappa shape index (κ1) is 18.6. The van der Waals surface area contributed by atoms with Gasteiger partial charge in [-0.2, -0.15) is 0 Å². The first-order chi connectivity index (χ1) is 14.2. The first-order valence-electron chi connectivity index (χ1n) is 9.61. The number of benzene rings is 2. The summed E-state index contributed by atoms with van der Waals surface area (Å²) in [7, 11) is 0. The maximum absolute atomic E-state index is 13.1. The molecule has 0 aliphatic heterocycles. The number of nitrogens with zero attached hydrogens (tertiary/aromatic N) is 3. The smallest absolute Gasteiger partial charge is 0.276 e. The predicted molar refractivity (Wildman–Crippen MR) is 118 cm³/mol. The van der Waals surface area contributed by atoms with Crippen LogP contribution < -0.4 is 10.2 Å². The van der Waals surface area contributed by atoms with Crippen molar-refractivity contribution in [2.45, 2.75) is 13.8 Å². The van der Waals surface area contributed by atoms with E-state index in [4.69, 9.17) is 0 Å². The van der Waals surface area contributed by atoms with E-state index in [9.17, 15) is 4.79 Å². The van der Waals surface area contributed by atoms with E-state index in [0.717, 1.165) is 33.5 Å². The average molecular weight is 382 g/mol. The van der Waals surface area contributed by atoms with Gasteiger partial charge in [-0.1, -0.05) is 30.3 Å². The standard InChI is InChI=1S/C24H22N4O/c1-3-28(20-10-4-7-17(2)15-20)24(29)22-16-19(12-14-25-22)27-21-11-5-8-18-9-6-13-26-23(18)21/h4-16H,3H2,1-2H3,(H,25,27). The molecule has 0 fully saturated rings. The summed E-state index contributed by atoms with van der Waals surface area (Å²) in [6.45, 7) is 4.54. The van der Waals surface area contributed by atoms with Gasteiger partial charge < -0.3 is 10.2 Å². The molecule has 2 aromatic heterocycles. The van der Waals surface area contributed by atoms with Crippen molar-refractivity contribution in [3.63, 3.8) is 0 Å². The van der Waals surface area contributed by atoms with Crippen molar-refractivity contribution in [1.29, 1.82) is 0 Å². The molecular weight excluding hydrogens is 360 g/mol. The second-order valence-corrected chi connectivity index (χ2v) is 6.82. The highest BCUT2D eigenvalue weighted by molar-refractivity contribution is 6.05. The lowest BCUT2D eigenvalue weighted by molar-refractivity contribution is 0.0983. The van der Waals surface area contributed by atoms with Crippen molar-refractivity contribution >= 4 is 33.9 Å². The van der Waals surface area contributed by atoms with Crippen LogP contribution in [0.25, 0.3) is 10.9 Å². The molecule has 0 aliphatic carbocycles. The number of hydrogen-bond donors (Lipinski definition) is 1. The molecule has 29 heavy (non-hydrogen) atoms. The van der Waals surface area contributed by atoms with Crippen LogP contribution in [0.1, 0.15) is 23.0 Å². The molecule has 0 unspecified atom stereocenters. The molecule has 5 nitrogen and oxygen atoms in total. The highest BCUT2D eigenvalue weighted by Crippen LogP contribution is 2.25. The summed E-state index contributed by atoms with van der Waals surface area (Å²) < 4.78 is 0. The van der Waals surface area contributed by atoms with Crippen LogP contribution in [0.3, 0.4) is 0 Å². The monoisotopic (exact) mass is 382 g/mol. The quantitative estimate of drug-likeness (QED) is 0.506. The van der Waals surface area contributed by atoms with Crippen molar-refractivity contribution in [1.82, 2.24) is 9.97 Å². The Morgan fingerprint density at radius 3 is 2.62 bits per heavy atom. The van der Waals surface area contributed by atoms with Gasteiger partial charge in [-0.3, -0.25) is 14.8 Å². The Bertz CT molecular complexity index is 1170. The lowest BCUT2D eigenvalue weighted by atomic mass is 10.1. The van der Waals surface area contributed by atoms with E-state index in [1.54, 1.807) is 23.4 Å². The van der Waals surface area contributed by atoms with Gasteiger partial charge in [-0.05, 0) is 55.8 Å². The number of anilines is 3. The number of fused-ring (bicyclic) bond motifs is 1. The molecule has 0 saturated carbocycles. The van der Waals surface area contributed by atoms with E-state index in [1.807, 2.05) is 74.5 Å². The zero-order valence-electron chi connectivity index (χ0n) is 16.5. The minimum Gasteiger partial charge on any atom is -0.354 e. The van der Waals surface area contributed by atoms with Gasteiger partial charge in [0.25, 0.3) is 5.91 Å². The van der Waals surface area contributed by atoms with Gasteiger partial charge in [0, 0.05) is 35.7 Å². The van der Waals surface area contributed by atoms with Crippen molar-refractivity contribution in [2.75, 3.05) is 16.8 Å². The first-order valence-corrected chi connectivity index (χ1v) is 9.61. The van der Waals surface area contributed by atoms with Crippen molar-refractivity contribution in [2.24, 2.45) is 0 Å². The number of carbonyl (C=O) groups is 1. The fourth-order valence-electron chi connectivity index (χ4n) is 3.36. The number of rotatable bonds is 5. The van der Waals surface area contributed by atoms with Crippen molar-refractivity contribution < 1.29 is 4.79 Å². The van der Waals surface area contributed by atoms with Crippen LogP contribution in [0.4, 0.5) is 17.1 Å². The van der Waals surface area contributed by atoms with Gasteiger partial charge in [0.2, 0.25) is 0 Å². The predicted octanol–water partition coefficient (Wildman–Crippen LogP) is 5.35. The molecule has 144 valence electrons. The number of hydrogen-bond acceptors (Lipinski definition) is 4. The molecule has 0 spiro atoms. The van der Waals surface area contributed by atoms with Gasteiger partial charge in [-0.15, -0.1) is 0 Å². The molecule has 5 heteroatoms. The highest BCUT2D eigenvalue weighted by atomic mass is 16.2. The van der Waals surface area contributed by atoms with Crippen LogP contribution in [0.5, 0.6) is 0 Å². The number of aromatic nitrogens is 2. The third-order valence-electron chi connectivity index (χ3n) is 4.77. The number of nitrogens with one attached hydrogen (secondary N) is 1. The van der Waals surface area contributed by atoms with E-state index in [0.29, 0.717) is 12.2 Å². The maximum atomic E-state index is 13.1. The molecule has 2 heterocycles. The van der Waals surface area contributed by atoms with E-state index in [-0.39, 0.29) is 5.91 Å². The van der Waals surface area contributed by atoms with E-state index in [1.165, 1.54) is 0 Å². The number of amides is 1. The molecule has 0 aliphatic rings. The Kier molecular flexibility index (Phi) is 5.20. The Morgan fingerprint density at radius 2 is 1.79 bits per heavy atom. The third-order valence-corrected chi connectivity index (χ3v) is 4.77. The van der Waals surface area contributed by atoms with Gasteiger partial charge in [0.15, 0.2) is 0 Å². The van der Waals surface area contributed by atoms with Gasteiger partial charge >= 0.3 is 0 Å². The fraction of sp³-hybridized carbons (Fsp3) is 0.125. The molecule has 4 aromatic rings. The molecule has 1 amide bonds. The molecule has 1 N–H and O–H groups in total. The summed E-state index contributed by atoms with van der Waals surface area (Å²) >= 11 is 0. The Hall–Kier alpha value is -3.73. The maximum Gasteiger partial charge on any atom is 0.276 e. The largest absolute Gasteiger partial charge is 0.354 e. The second kappa shape index (κ2) is 8.10. The zero-order chi connectivity index (χ0) is 20.2. The SMILES string of the molecule is CCN(C(=O)c1cc(Nc2cccc3cccnc23)ccn1)c1cccc(C)c1. The van der Waals surface area contributed by atoms with E-state index >= 15 is 0 Å². The van der Waals surface area contributed by atoms with Crippen LogP contribution in [0, 0.1) is 6.92 Å². The van der Waals surface area contributed by atoms with Crippen LogP contribution >= 0.6 is 0 Å². The summed E-state index contributed by atoms with van der Waals surface area (Å²) in [5.41, 5.74) is 4.94. The molecular formula is C24H22N4O. The van der Waals surface area contributed by atoms with Crippen molar-refractivity contribution in [3.8, 4) is 0 Å². The topological polar surface area (TPSA) is 58.1 Å². The summed E-state index contributed by atoms with van der Waals surface area (Å²) in [6.07, 6.45) is 3.42. The minimum atomic E-state index is -0.127. The Labute approximate surface area is 170 Å². The van der Waals surface area contributed by atoms with Crippen LogP contribution in [0.2, 0.25) is 0 Å². The Morgan fingerprint density at radius 1 is 0.966 bits per heavy atom. The second-order valence-electron chi connectivity index (χ2n) is 6.82. The van der Waals surface area contributed by atoms with E-state index in [2.05, 4.69) is 15.3 Å². The minimum absolute atomic E-state index is 0.127. The van der Waals surface area contributed by atoms with Gasteiger partial charge in [0.1, 0.15) is 5.69 Å². The molecule has 0 radical (unpaired) electrons. The molecule has 0 saturated heterocycles. The normalized spacial score (nSPS) is 10.7. The fourth-order valence-corrected chi connectivity index (χ4v) is 3.36. The molecule has 4 rings (SSSR count). The highest BCUT2D eigenvalue weighted by Gasteiger charge is 2.18. The third kappa shape index (κ3) is 3.94. The zero-order valence-corrected chi connectivity index (χ0v) is 16.5. The van der Waals surface area contributed by atoms with Crippen LogP contribution in [-0.4, -0.2) is 22.4 Å². The summed E-state index contributed by atoms with van der Waals surface area (Å²) in [5.74, 6) is -0.127. The van der Waals surface area contributed by atoms with Gasteiger partial charge in [-0.25, -0.2) is 0 Å². The van der Waals surface area contributed by atoms with E-state index < -0.39 is 0 Å². The lowest BCUT2D eigenvalue weighted by Gasteiger charge is -2.21. The summed E-state index contributed by atoms with van der Waals surface area (Å²) in [6, 6.07) is 21.5. The molecule has 0 atom stereocenters. The average Bonchev–Trinajstić information content (AvgIpc) is 2.75. The number of pyridine rings is 2. The van der Waals surface area contributed by atoms with Crippen molar-refractivity contribution in [3.05, 3.63) is 90.4 Å². The number of para-hydroxylation sites is 1. The molecule has 2 aromatic carbocycles. The summed E-state index contributed by atoms with van der Waals surface area (Å²) in [5, 5.41) is 4.43. The van der Waals surface area contributed by atoms with Crippen LogP contribution in [0.15, 0.2) is 79.1 Å². The number of aryl methyl sites for hydroxylation is 1. The lowest BCUT2D eigenvalue weighted by Crippen LogP contribution is -2.31.